The van der Waals surface area contributed by atoms with E-state index >= 15 is 0 Å². The number of fused-ring (bicyclic) bond motifs is 1. The van der Waals surface area contributed by atoms with Gasteiger partial charge in [-0.25, -0.2) is 0 Å². The van der Waals surface area contributed by atoms with E-state index in [1.165, 1.54) is 23.8 Å². The van der Waals surface area contributed by atoms with E-state index in [0.717, 1.165) is 37.0 Å². The predicted molar refractivity (Wildman–Crippen MR) is 78.3 cm³/mol. The van der Waals surface area contributed by atoms with Gasteiger partial charge < -0.3 is 9.73 Å². The second-order valence-corrected chi connectivity index (χ2v) is 5.72. The van der Waals surface area contributed by atoms with Crippen LogP contribution in [0.2, 0.25) is 0 Å². The molecule has 0 radical (unpaired) electrons. The number of nitrogens with one attached hydrogen (secondary N) is 1. The van der Waals surface area contributed by atoms with Crippen molar-refractivity contribution in [2.75, 3.05) is 20.1 Å². The van der Waals surface area contributed by atoms with Crippen molar-refractivity contribution in [1.29, 1.82) is 0 Å². The molecule has 0 amide bonds. The SMILES string of the molecule is Cc1ccc2oc(CN(C)CCNC3CC3)cc2c1. The molecule has 1 aromatic heterocycles. The fourth-order valence-electron chi connectivity index (χ4n) is 2.39. The van der Waals surface area contributed by atoms with Crippen molar-refractivity contribution < 1.29 is 4.42 Å². The number of furan rings is 1. The summed E-state index contributed by atoms with van der Waals surface area (Å²) >= 11 is 0. The number of nitrogens with zero attached hydrogens (tertiary/aromatic N) is 1. The molecule has 1 saturated carbocycles. The zero-order chi connectivity index (χ0) is 13.2. The Kier molecular flexibility index (Phi) is 3.58. The van der Waals surface area contributed by atoms with Crippen LogP contribution in [0.1, 0.15) is 24.2 Å². The van der Waals surface area contributed by atoms with Crippen LogP contribution in [-0.4, -0.2) is 31.1 Å². The molecule has 0 atom stereocenters. The first-order valence-corrected chi connectivity index (χ1v) is 7.12. The van der Waals surface area contributed by atoms with Gasteiger partial charge in [0.1, 0.15) is 11.3 Å². The minimum absolute atomic E-state index is 0.794. The summed E-state index contributed by atoms with van der Waals surface area (Å²) in [5.41, 5.74) is 2.27. The molecule has 19 heavy (non-hydrogen) atoms. The molecule has 1 N–H and O–H groups in total. The minimum Gasteiger partial charge on any atom is -0.460 e. The lowest BCUT2D eigenvalue weighted by atomic mass is 10.2. The molecule has 3 nitrogen and oxygen atoms in total. The molecule has 2 aromatic rings. The fraction of sp³-hybridized carbons (Fsp3) is 0.500. The van der Waals surface area contributed by atoms with Crippen molar-refractivity contribution in [3.8, 4) is 0 Å². The van der Waals surface area contributed by atoms with Crippen molar-refractivity contribution in [3.05, 3.63) is 35.6 Å². The Morgan fingerprint density at radius 1 is 1.32 bits per heavy atom. The summed E-state index contributed by atoms with van der Waals surface area (Å²) in [6.07, 6.45) is 2.71. The number of aryl methyl sites for hydroxylation is 1. The lowest BCUT2D eigenvalue weighted by Crippen LogP contribution is -2.29. The third-order valence-corrected chi connectivity index (χ3v) is 3.65. The second-order valence-electron chi connectivity index (χ2n) is 5.72. The highest BCUT2D eigenvalue weighted by atomic mass is 16.3. The summed E-state index contributed by atoms with van der Waals surface area (Å²) in [6.45, 7) is 5.12. The van der Waals surface area contributed by atoms with E-state index in [0.29, 0.717) is 0 Å². The van der Waals surface area contributed by atoms with Crippen LogP contribution in [0.25, 0.3) is 11.0 Å². The van der Waals surface area contributed by atoms with Gasteiger partial charge in [0.05, 0.1) is 6.54 Å². The lowest BCUT2D eigenvalue weighted by molar-refractivity contribution is 0.297. The van der Waals surface area contributed by atoms with E-state index in [4.69, 9.17) is 4.42 Å². The Hall–Kier alpha value is -1.32. The molecule has 1 aliphatic rings. The lowest BCUT2D eigenvalue weighted by Gasteiger charge is -2.15. The molecular weight excluding hydrogens is 236 g/mol. The molecule has 0 saturated heterocycles. The Balaban J connectivity index is 1.57. The van der Waals surface area contributed by atoms with Gasteiger partial charge in [-0.3, -0.25) is 4.90 Å². The molecule has 1 fully saturated rings. The van der Waals surface area contributed by atoms with Crippen molar-refractivity contribution >= 4 is 11.0 Å². The molecule has 102 valence electrons. The summed E-state index contributed by atoms with van der Waals surface area (Å²) in [6, 6.07) is 9.29. The summed E-state index contributed by atoms with van der Waals surface area (Å²) in [7, 11) is 2.15. The van der Waals surface area contributed by atoms with Crippen LogP contribution in [0.5, 0.6) is 0 Å². The molecule has 0 spiro atoms. The quantitative estimate of drug-likeness (QED) is 0.863. The predicted octanol–water partition coefficient (Wildman–Crippen LogP) is 2.93. The van der Waals surface area contributed by atoms with Gasteiger partial charge in [-0.1, -0.05) is 11.6 Å². The van der Waals surface area contributed by atoms with Gasteiger partial charge in [0.2, 0.25) is 0 Å². The van der Waals surface area contributed by atoms with Gasteiger partial charge in [0.25, 0.3) is 0 Å². The summed E-state index contributed by atoms with van der Waals surface area (Å²) in [5.74, 6) is 1.05. The monoisotopic (exact) mass is 258 g/mol. The summed E-state index contributed by atoms with van der Waals surface area (Å²) in [4.78, 5) is 2.31. The molecule has 1 aromatic carbocycles. The van der Waals surface area contributed by atoms with Crippen LogP contribution in [0.3, 0.4) is 0 Å². The maximum Gasteiger partial charge on any atom is 0.134 e. The second kappa shape index (κ2) is 5.35. The van der Waals surface area contributed by atoms with Gasteiger partial charge in [-0.05, 0) is 45.0 Å². The van der Waals surface area contributed by atoms with Crippen molar-refractivity contribution in [1.82, 2.24) is 10.2 Å². The zero-order valence-electron chi connectivity index (χ0n) is 11.8. The van der Waals surface area contributed by atoms with Gasteiger partial charge in [0.15, 0.2) is 0 Å². The van der Waals surface area contributed by atoms with Gasteiger partial charge >= 0.3 is 0 Å². The fourth-order valence-corrected chi connectivity index (χ4v) is 2.39. The number of hydrogen-bond acceptors (Lipinski definition) is 3. The Labute approximate surface area is 114 Å². The van der Waals surface area contributed by atoms with Crippen molar-refractivity contribution in [3.63, 3.8) is 0 Å². The normalized spacial score (nSPS) is 15.5. The van der Waals surface area contributed by atoms with Crippen LogP contribution in [0.15, 0.2) is 28.7 Å². The van der Waals surface area contributed by atoms with E-state index in [-0.39, 0.29) is 0 Å². The Bertz CT molecular complexity index is 557. The molecule has 0 bridgehead atoms. The smallest absolute Gasteiger partial charge is 0.134 e. The molecule has 0 unspecified atom stereocenters. The summed E-state index contributed by atoms with van der Waals surface area (Å²) < 4.78 is 5.87. The van der Waals surface area contributed by atoms with Crippen LogP contribution in [0.4, 0.5) is 0 Å². The van der Waals surface area contributed by atoms with E-state index < -0.39 is 0 Å². The van der Waals surface area contributed by atoms with E-state index in [9.17, 15) is 0 Å². The first-order chi connectivity index (χ1) is 9.20. The van der Waals surface area contributed by atoms with Crippen molar-refractivity contribution in [2.24, 2.45) is 0 Å². The first kappa shape index (κ1) is 12.7. The van der Waals surface area contributed by atoms with Gasteiger partial charge in [-0.15, -0.1) is 0 Å². The maximum absolute atomic E-state index is 5.87. The Morgan fingerprint density at radius 2 is 2.16 bits per heavy atom. The van der Waals surface area contributed by atoms with E-state index in [1.807, 2.05) is 0 Å². The van der Waals surface area contributed by atoms with Gasteiger partial charge in [-0.2, -0.15) is 0 Å². The van der Waals surface area contributed by atoms with Gasteiger partial charge in [0, 0.05) is 24.5 Å². The highest BCUT2D eigenvalue weighted by Crippen LogP contribution is 2.21. The Morgan fingerprint density at radius 3 is 2.95 bits per heavy atom. The number of likely N-dealkylation sites (N-methyl/N-ethyl adjacent to an activating group) is 1. The largest absolute Gasteiger partial charge is 0.460 e. The van der Waals surface area contributed by atoms with Crippen LogP contribution >= 0.6 is 0 Å². The average molecular weight is 258 g/mol. The number of benzene rings is 1. The first-order valence-electron chi connectivity index (χ1n) is 7.12. The van der Waals surface area contributed by atoms with Crippen LogP contribution < -0.4 is 5.32 Å². The van der Waals surface area contributed by atoms with E-state index in [1.54, 1.807) is 0 Å². The molecular formula is C16H22N2O. The molecule has 0 aliphatic heterocycles. The summed E-state index contributed by atoms with van der Waals surface area (Å²) in [5, 5.41) is 4.74. The highest BCUT2D eigenvalue weighted by molar-refractivity contribution is 5.78. The number of hydrogen-bond donors (Lipinski definition) is 1. The maximum atomic E-state index is 5.87. The van der Waals surface area contributed by atoms with E-state index in [2.05, 4.69) is 48.5 Å². The minimum atomic E-state index is 0.794. The topological polar surface area (TPSA) is 28.4 Å². The van der Waals surface area contributed by atoms with Crippen LogP contribution in [-0.2, 0) is 6.54 Å². The highest BCUT2D eigenvalue weighted by Gasteiger charge is 2.19. The molecule has 1 heterocycles. The standard InChI is InChI=1S/C16H22N2O/c1-12-3-6-16-13(9-12)10-15(19-16)11-18(2)8-7-17-14-4-5-14/h3,6,9-10,14,17H,4-5,7-8,11H2,1-2H3. The molecule has 3 rings (SSSR count). The number of rotatable bonds is 6. The van der Waals surface area contributed by atoms with Crippen molar-refractivity contribution in [2.45, 2.75) is 32.4 Å². The van der Waals surface area contributed by atoms with Crippen LogP contribution in [0, 0.1) is 6.92 Å². The third-order valence-electron chi connectivity index (χ3n) is 3.65. The third kappa shape index (κ3) is 3.37. The molecule has 1 aliphatic carbocycles. The zero-order valence-corrected chi connectivity index (χ0v) is 11.8. The average Bonchev–Trinajstić information content (AvgIpc) is 3.09. The molecule has 3 heteroatoms.